The van der Waals surface area contributed by atoms with Crippen molar-refractivity contribution in [3.63, 3.8) is 0 Å². The highest BCUT2D eigenvalue weighted by atomic mass is 32.2. The molecule has 0 aliphatic carbocycles. The van der Waals surface area contributed by atoms with Crippen molar-refractivity contribution in [1.82, 2.24) is 9.71 Å². The molecule has 7 nitrogen and oxygen atoms in total. The van der Waals surface area contributed by atoms with Gasteiger partial charge in [0.05, 0.1) is 18.9 Å². The largest absolute Gasteiger partial charge is 0.760 e. The number of nitrogens with one attached hydrogen (secondary N) is 2. The van der Waals surface area contributed by atoms with Gasteiger partial charge in [-0.25, -0.2) is 4.72 Å². The number of nitrogens with zero attached hydrogens (tertiary/aromatic N) is 1. The van der Waals surface area contributed by atoms with Crippen LogP contribution >= 0.6 is 0 Å². The highest BCUT2D eigenvalue weighted by Crippen LogP contribution is 2.26. The van der Waals surface area contributed by atoms with Gasteiger partial charge in [-0.2, -0.15) is 0 Å². The first kappa shape index (κ1) is 17.8. The van der Waals surface area contributed by atoms with Crippen LogP contribution in [-0.4, -0.2) is 39.5 Å². The molecule has 1 aliphatic rings. The van der Waals surface area contributed by atoms with Gasteiger partial charge in [0, 0.05) is 47.7 Å². The van der Waals surface area contributed by atoms with Gasteiger partial charge < -0.3 is 19.2 Å². The fourth-order valence-electron chi connectivity index (χ4n) is 3.02. The van der Waals surface area contributed by atoms with Crippen molar-refractivity contribution in [2.45, 2.75) is 19.5 Å². The number of hydrogen-bond acceptors (Lipinski definition) is 5. The summed E-state index contributed by atoms with van der Waals surface area (Å²) in [4.78, 5) is 17.2. The lowest BCUT2D eigenvalue weighted by atomic mass is 10.0. The number of H-pyrrole nitrogens is 1. The number of benzene rings is 1. The molecule has 2 N–H and O–H groups in total. The van der Waals surface area contributed by atoms with Crippen LogP contribution in [0.5, 0.6) is 0 Å². The number of rotatable bonds is 5. The summed E-state index contributed by atoms with van der Waals surface area (Å²) >= 11 is -2.34. The number of aromatic nitrogens is 1. The summed E-state index contributed by atoms with van der Waals surface area (Å²) < 4.78 is 29.4. The van der Waals surface area contributed by atoms with Crippen molar-refractivity contribution in [1.29, 1.82) is 0 Å². The molecule has 134 valence electrons. The number of ether oxygens (including phenoxy) is 1. The Kier molecular flexibility index (Phi) is 5.64. The van der Waals surface area contributed by atoms with E-state index in [0.29, 0.717) is 18.9 Å². The van der Waals surface area contributed by atoms with Gasteiger partial charge >= 0.3 is 0 Å². The standard InChI is InChI=1S/C17H21N3O4S/c1-12-11-24-7-6-20(12)14-8-16(19-17(21)9-14)15-5-3-2-4-13(15)10-18-25(22)23/h2-5,8-9,12,18H,6-7,10-11H2,1H3,(H,19,21)(H,22,23)/p-1/t12-/m1/s1. The van der Waals surface area contributed by atoms with E-state index >= 15 is 0 Å². The third-order valence-electron chi connectivity index (χ3n) is 4.22. The van der Waals surface area contributed by atoms with Crippen LogP contribution in [0.15, 0.2) is 41.2 Å². The number of aromatic amines is 1. The molecular formula is C17H20N3O4S-. The molecule has 3 rings (SSSR count). The van der Waals surface area contributed by atoms with E-state index in [1.54, 1.807) is 6.07 Å². The van der Waals surface area contributed by atoms with Crippen LogP contribution in [0.4, 0.5) is 5.69 Å². The minimum Gasteiger partial charge on any atom is -0.760 e. The molecule has 0 radical (unpaired) electrons. The maximum absolute atomic E-state index is 12.2. The molecule has 1 aliphatic heterocycles. The van der Waals surface area contributed by atoms with Gasteiger partial charge in [-0.3, -0.25) is 9.00 Å². The van der Waals surface area contributed by atoms with E-state index in [2.05, 4.69) is 21.5 Å². The van der Waals surface area contributed by atoms with Crippen molar-refractivity contribution in [3.05, 3.63) is 52.3 Å². The van der Waals surface area contributed by atoms with Crippen molar-refractivity contribution in [3.8, 4) is 11.3 Å². The summed E-state index contributed by atoms with van der Waals surface area (Å²) in [5.41, 5.74) is 2.89. The molecule has 1 aromatic carbocycles. The molecule has 8 heteroatoms. The predicted molar refractivity (Wildman–Crippen MR) is 95.9 cm³/mol. The van der Waals surface area contributed by atoms with Crippen LogP contribution in [0, 0.1) is 0 Å². The summed E-state index contributed by atoms with van der Waals surface area (Å²) in [5, 5.41) is 0. The van der Waals surface area contributed by atoms with Gasteiger partial charge in [0.1, 0.15) is 0 Å². The van der Waals surface area contributed by atoms with E-state index in [1.165, 1.54) is 0 Å². The van der Waals surface area contributed by atoms with E-state index in [1.807, 2.05) is 30.3 Å². The van der Waals surface area contributed by atoms with Crippen LogP contribution in [-0.2, 0) is 22.5 Å². The summed E-state index contributed by atoms with van der Waals surface area (Å²) in [5.74, 6) is 0. The lowest BCUT2D eigenvalue weighted by Crippen LogP contribution is -2.44. The average molecular weight is 362 g/mol. The van der Waals surface area contributed by atoms with Crippen LogP contribution < -0.4 is 15.2 Å². The van der Waals surface area contributed by atoms with Crippen molar-refractivity contribution in [2.24, 2.45) is 0 Å². The molecule has 2 atom stereocenters. The highest BCUT2D eigenvalue weighted by Gasteiger charge is 2.20. The molecule has 0 amide bonds. The van der Waals surface area contributed by atoms with Gasteiger partial charge in [0.25, 0.3) is 0 Å². The lowest BCUT2D eigenvalue weighted by Gasteiger charge is -2.35. The second-order valence-corrected chi connectivity index (χ2v) is 6.70. The maximum Gasteiger partial charge on any atom is 0.250 e. The van der Waals surface area contributed by atoms with Gasteiger partial charge in [0.2, 0.25) is 5.56 Å². The molecule has 1 aromatic heterocycles. The third-order valence-corrected chi connectivity index (χ3v) is 4.60. The zero-order valence-corrected chi connectivity index (χ0v) is 14.7. The monoisotopic (exact) mass is 362 g/mol. The minimum absolute atomic E-state index is 0.159. The zero-order chi connectivity index (χ0) is 17.8. The first-order valence-electron chi connectivity index (χ1n) is 8.04. The molecule has 1 fully saturated rings. The normalized spacial score (nSPS) is 19.0. The first-order valence-corrected chi connectivity index (χ1v) is 9.12. The summed E-state index contributed by atoms with van der Waals surface area (Å²) in [6, 6.07) is 11.1. The Bertz CT molecular complexity index is 824. The van der Waals surface area contributed by atoms with Crippen LogP contribution in [0.3, 0.4) is 0 Å². The molecule has 25 heavy (non-hydrogen) atoms. The molecule has 1 saturated heterocycles. The van der Waals surface area contributed by atoms with Crippen LogP contribution in [0.25, 0.3) is 11.3 Å². The fraction of sp³-hybridized carbons (Fsp3) is 0.353. The van der Waals surface area contributed by atoms with Gasteiger partial charge in [-0.1, -0.05) is 24.3 Å². The second kappa shape index (κ2) is 7.92. The highest BCUT2D eigenvalue weighted by molar-refractivity contribution is 7.77. The van der Waals surface area contributed by atoms with Gasteiger partial charge in [-0.05, 0) is 18.6 Å². The Morgan fingerprint density at radius 3 is 2.96 bits per heavy atom. The Morgan fingerprint density at radius 1 is 1.40 bits per heavy atom. The van der Waals surface area contributed by atoms with E-state index in [0.717, 1.165) is 23.4 Å². The number of anilines is 1. The zero-order valence-electron chi connectivity index (χ0n) is 13.9. The minimum atomic E-state index is -2.34. The Labute approximate surface area is 148 Å². The molecule has 2 aromatic rings. The number of hydrogen-bond donors (Lipinski definition) is 2. The number of morpholine rings is 1. The average Bonchev–Trinajstić information content (AvgIpc) is 2.60. The van der Waals surface area contributed by atoms with Crippen molar-refractivity contribution < 1.29 is 13.5 Å². The maximum atomic E-state index is 12.2. The smallest absolute Gasteiger partial charge is 0.250 e. The summed E-state index contributed by atoms with van der Waals surface area (Å²) in [6.07, 6.45) is 0. The van der Waals surface area contributed by atoms with Crippen LogP contribution in [0.2, 0.25) is 0 Å². The van der Waals surface area contributed by atoms with E-state index in [4.69, 9.17) is 4.74 Å². The summed E-state index contributed by atoms with van der Waals surface area (Å²) in [7, 11) is 0. The predicted octanol–water partition coefficient (Wildman–Crippen LogP) is 1.15. The van der Waals surface area contributed by atoms with Gasteiger partial charge in [0.15, 0.2) is 0 Å². The Morgan fingerprint density at radius 2 is 2.20 bits per heavy atom. The molecule has 0 spiro atoms. The summed E-state index contributed by atoms with van der Waals surface area (Å²) in [6.45, 7) is 4.19. The Hall–Kier alpha value is -2.00. The topological polar surface area (TPSA) is 97.5 Å². The van der Waals surface area contributed by atoms with E-state index in [-0.39, 0.29) is 18.1 Å². The fourth-order valence-corrected chi connectivity index (χ4v) is 3.30. The second-order valence-electron chi connectivity index (χ2n) is 5.95. The quantitative estimate of drug-likeness (QED) is 0.778. The van der Waals surface area contributed by atoms with Crippen molar-refractivity contribution in [2.75, 3.05) is 24.7 Å². The van der Waals surface area contributed by atoms with E-state index in [9.17, 15) is 13.6 Å². The molecule has 0 saturated carbocycles. The first-order chi connectivity index (χ1) is 12.0. The molecule has 2 heterocycles. The molecule has 0 bridgehead atoms. The van der Waals surface area contributed by atoms with Crippen LogP contribution in [0.1, 0.15) is 12.5 Å². The Balaban J connectivity index is 1.98. The third kappa shape index (κ3) is 4.35. The van der Waals surface area contributed by atoms with Crippen molar-refractivity contribution >= 4 is 17.0 Å². The van der Waals surface area contributed by atoms with E-state index < -0.39 is 11.3 Å². The van der Waals surface area contributed by atoms with Gasteiger partial charge in [-0.15, -0.1) is 0 Å². The molecule has 1 unspecified atom stereocenters. The SMILES string of the molecule is C[C@@H]1COCCN1c1cc(-c2ccccc2CNS(=O)[O-])[nH]c(=O)c1. The lowest BCUT2D eigenvalue weighted by molar-refractivity contribution is 0.0989. The molecular weight excluding hydrogens is 342 g/mol. The number of pyridine rings is 1.